The molecule has 226 valence electrons. The summed E-state index contributed by atoms with van der Waals surface area (Å²) in [5, 5.41) is 21.6. The Morgan fingerprint density at radius 1 is 0.976 bits per heavy atom. The van der Waals surface area contributed by atoms with Gasteiger partial charge in [-0.25, -0.2) is 8.42 Å². The number of amides is 1. The summed E-state index contributed by atoms with van der Waals surface area (Å²) in [6.07, 6.45) is 3.76. The number of fused-ring (bicyclic) bond motifs is 1. The number of aliphatic hydroxyl groups is 1. The van der Waals surface area contributed by atoms with Gasteiger partial charge < -0.3 is 10.8 Å². The highest BCUT2D eigenvalue weighted by Crippen LogP contribution is 2.23. The van der Waals surface area contributed by atoms with E-state index in [4.69, 9.17) is 5.73 Å². The van der Waals surface area contributed by atoms with Crippen LogP contribution in [0.2, 0.25) is 0 Å². The molecule has 0 spiro atoms. The third kappa shape index (κ3) is 9.75. The minimum Gasteiger partial charge on any atom is -0.392 e. The molecule has 1 amide bonds. The second-order valence-electron chi connectivity index (χ2n) is 11.1. The van der Waals surface area contributed by atoms with Crippen LogP contribution in [0, 0.1) is 22.0 Å². The Balaban J connectivity index is 0.000000449. The number of carbonyl (C=O) groups excluding carboxylic acids is 1. The van der Waals surface area contributed by atoms with E-state index in [-0.39, 0.29) is 36.0 Å². The molecule has 1 unspecified atom stereocenters. The number of rotatable bonds is 13. The summed E-state index contributed by atoms with van der Waals surface area (Å²) in [4.78, 5) is 22.2. The monoisotopic (exact) mass is 595 g/mol. The van der Waals surface area contributed by atoms with Crippen molar-refractivity contribution in [3.63, 3.8) is 0 Å². The van der Waals surface area contributed by atoms with E-state index in [0.717, 1.165) is 17.7 Å². The highest BCUT2D eigenvalue weighted by atomic mass is 32.2. The van der Waals surface area contributed by atoms with E-state index in [1.165, 1.54) is 35.7 Å². The van der Waals surface area contributed by atoms with E-state index < -0.39 is 32.9 Å². The lowest BCUT2D eigenvalue weighted by Gasteiger charge is -2.27. The number of hydrogen-bond acceptors (Lipinski definition) is 6. The lowest BCUT2D eigenvalue weighted by atomic mass is 9.93. The van der Waals surface area contributed by atoms with Crippen LogP contribution in [-0.2, 0) is 34.1 Å². The fourth-order valence-electron chi connectivity index (χ4n) is 4.95. The molecule has 0 radical (unpaired) electrons. The van der Waals surface area contributed by atoms with Crippen LogP contribution in [-0.4, -0.2) is 47.9 Å². The van der Waals surface area contributed by atoms with Crippen molar-refractivity contribution < 1.29 is 23.2 Å². The number of aryl methyl sites for hydroxylation is 2. The van der Waals surface area contributed by atoms with Crippen LogP contribution in [0.25, 0.3) is 0 Å². The number of hydrogen-bond donors (Lipinski definition) is 2. The molecule has 0 bridgehead atoms. The topological polar surface area (TPSA) is 144 Å². The smallest absolute Gasteiger partial charge is 0.269 e. The van der Waals surface area contributed by atoms with E-state index in [1.54, 1.807) is 11.1 Å². The van der Waals surface area contributed by atoms with Crippen molar-refractivity contribution in [2.45, 2.75) is 63.4 Å². The first-order chi connectivity index (χ1) is 20.0. The molecule has 3 aromatic carbocycles. The molecular formula is C32H41N3O6S. The predicted molar refractivity (Wildman–Crippen MR) is 163 cm³/mol. The van der Waals surface area contributed by atoms with E-state index in [0.29, 0.717) is 12.8 Å². The number of aliphatic hydroxyl groups excluding tert-OH is 1. The summed E-state index contributed by atoms with van der Waals surface area (Å²) in [5.74, 6) is -1.01. The number of benzene rings is 3. The number of nitrogens with zero attached hydrogens (tertiary/aromatic N) is 2. The number of primary amides is 1. The molecule has 0 saturated heterocycles. The van der Waals surface area contributed by atoms with Crippen LogP contribution in [0.1, 0.15) is 49.8 Å². The molecular weight excluding hydrogens is 554 g/mol. The minimum atomic E-state index is -4.01. The van der Waals surface area contributed by atoms with Crippen LogP contribution in [0.4, 0.5) is 5.69 Å². The molecule has 3 N–H and O–H groups in total. The Bertz CT molecular complexity index is 1390. The van der Waals surface area contributed by atoms with Gasteiger partial charge in [-0.1, -0.05) is 68.4 Å². The lowest BCUT2D eigenvalue weighted by molar-refractivity contribution is -0.384. The first kappa shape index (κ1) is 32.9. The first-order valence-corrected chi connectivity index (χ1v) is 15.7. The molecule has 1 aliphatic rings. The molecule has 10 heteroatoms. The molecule has 0 heterocycles. The van der Waals surface area contributed by atoms with Crippen molar-refractivity contribution in [1.82, 2.24) is 4.31 Å². The van der Waals surface area contributed by atoms with Gasteiger partial charge in [0.05, 0.1) is 15.9 Å². The Morgan fingerprint density at radius 2 is 1.55 bits per heavy atom. The number of sulfonamides is 1. The predicted octanol–water partition coefficient (Wildman–Crippen LogP) is 4.90. The van der Waals surface area contributed by atoms with Crippen LogP contribution >= 0.6 is 0 Å². The van der Waals surface area contributed by atoms with Crippen molar-refractivity contribution in [3.05, 3.63) is 106 Å². The summed E-state index contributed by atoms with van der Waals surface area (Å²) < 4.78 is 27.6. The fourth-order valence-corrected chi connectivity index (χ4v) is 6.44. The van der Waals surface area contributed by atoms with Gasteiger partial charge in [-0.15, -0.1) is 0 Å². The molecule has 0 saturated carbocycles. The van der Waals surface area contributed by atoms with Crippen molar-refractivity contribution >= 4 is 21.6 Å². The van der Waals surface area contributed by atoms with Gasteiger partial charge >= 0.3 is 0 Å². The molecule has 9 nitrogen and oxygen atoms in total. The van der Waals surface area contributed by atoms with Gasteiger partial charge in [0.15, 0.2) is 0 Å². The highest BCUT2D eigenvalue weighted by molar-refractivity contribution is 7.89. The second kappa shape index (κ2) is 15.6. The number of nitro groups is 1. The van der Waals surface area contributed by atoms with Crippen molar-refractivity contribution in [2.24, 2.45) is 17.6 Å². The maximum atomic E-state index is 13.2. The Labute approximate surface area is 248 Å². The number of non-ortho nitro benzene ring substituents is 1. The molecule has 0 aromatic heterocycles. The van der Waals surface area contributed by atoms with Crippen LogP contribution in [0.15, 0.2) is 83.8 Å². The normalized spacial score (nSPS) is 14.1. The maximum absolute atomic E-state index is 13.2. The minimum absolute atomic E-state index is 0.0121. The van der Waals surface area contributed by atoms with E-state index in [9.17, 15) is 28.4 Å². The van der Waals surface area contributed by atoms with Gasteiger partial charge in [0.25, 0.3) is 5.69 Å². The Kier molecular flexibility index (Phi) is 12.2. The van der Waals surface area contributed by atoms with E-state index >= 15 is 0 Å². The maximum Gasteiger partial charge on any atom is 0.269 e. The zero-order chi connectivity index (χ0) is 30.7. The average molecular weight is 596 g/mol. The van der Waals surface area contributed by atoms with Gasteiger partial charge in [-0.3, -0.25) is 14.9 Å². The summed E-state index contributed by atoms with van der Waals surface area (Å²) in [5.41, 5.74) is 9.35. The lowest BCUT2D eigenvalue weighted by Crippen LogP contribution is -2.40. The molecule has 0 aliphatic heterocycles. The summed E-state index contributed by atoms with van der Waals surface area (Å²) in [6, 6.07) is 22.6. The SMILES string of the molecule is CC(C)CCN(CC(O)C[C@@H](Cc1ccccc1)C(N)=O)S(=O)(=O)c1ccc([N+](=O)[O-])cc1.c1ccc2c(c1)CCC2. The molecule has 3 aromatic rings. The van der Waals surface area contributed by atoms with Crippen molar-refractivity contribution in [2.75, 3.05) is 13.1 Å². The van der Waals surface area contributed by atoms with Gasteiger partial charge in [-0.05, 0) is 73.3 Å². The largest absolute Gasteiger partial charge is 0.392 e. The standard InChI is InChI=1S/C23H31N3O6S.C9H10/c1-17(2)12-13-25(33(31,32)22-10-8-20(9-11-22)26(29)30)16-21(27)15-19(23(24)28)14-18-6-4-3-5-7-18;1-2-5-9-7-3-6-8(9)4-1/h3-11,17,19,21,27H,12-16H2,1-2H3,(H2,24,28);1-2,4-5H,3,6-7H2/t19-,21?;/m1./s1. The van der Waals surface area contributed by atoms with Crippen LogP contribution in [0.3, 0.4) is 0 Å². The van der Waals surface area contributed by atoms with Gasteiger partial charge in [0, 0.05) is 31.1 Å². The molecule has 4 rings (SSSR count). The van der Waals surface area contributed by atoms with Gasteiger partial charge in [-0.2, -0.15) is 4.31 Å². The van der Waals surface area contributed by atoms with Gasteiger partial charge in [0.2, 0.25) is 15.9 Å². The van der Waals surface area contributed by atoms with Gasteiger partial charge in [0.1, 0.15) is 0 Å². The zero-order valence-corrected chi connectivity index (χ0v) is 25.1. The zero-order valence-electron chi connectivity index (χ0n) is 24.3. The van der Waals surface area contributed by atoms with E-state index in [2.05, 4.69) is 24.3 Å². The molecule has 42 heavy (non-hydrogen) atoms. The van der Waals surface area contributed by atoms with E-state index in [1.807, 2.05) is 44.2 Å². The number of nitrogens with two attached hydrogens (primary N) is 1. The summed E-state index contributed by atoms with van der Waals surface area (Å²) >= 11 is 0. The number of nitro benzene ring substituents is 1. The second-order valence-corrected chi connectivity index (χ2v) is 13.0. The van der Waals surface area contributed by atoms with Crippen molar-refractivity contribution in [1.29, 1.82) is 0 Å². The summed E-state index contributed by atoms with van der Waals surface area (Å²) in [6.45, 7) is 3.85. The Hall–Kier alpha value is -3.60. The third-order valence-corrected chi connectivity index (χ3v) is 9.23. The number of carbonyl (C=O) groups is 1. The van der Waals surface area contributed by atoms with Crippen molar-refractivity contribution in [3.8, 4) is 0 Å². The Morgan fingerprint density at radius 3 is 2.07 bits per heavy atom. The first-order valence-electron chi connectivity index (χ1n) is 14.3. The quantitative estimate of drug-likeness (QED) is 0.212. The molecule has 0 fully saturated rings. The fraction of sp³-hybridized carbons (Fsp3) is 0.406. The molecule has 2 atom stereocenters. The summed E-state index contributed by atoms with van der Waals surface area (Å²) in [7, 11) is -4.01. The van der Waals surface area contributed by atoms with Crippen LogP contribution in [0.5, 0.6) is 0 Å². The highest BCUT2D eigenvalue weighted by Gasteiger charge is 2.29. The third-order valence-electron chi connectivity index (χ3n) is 7.35. The molecule has 1 aliphatic carbocycles. The average Bonchev–Trinajstić information content (AvgIpc) is 3.45. The van der Waals surface area contributed by atoms with Crippen LogP contribution < -0.4 is 5.73 Å².